The number of carbonyl (C=O) groups is 1. The van der Waals surface area contributed by atoms with Crippen LogP contribution >= 0.6 is 0 Å². The van der Waals surface area contributed by atoms with Gasteiger partial charge in [-0.1, -0.05) is 6.07 Å². The van der Waals surface area contributed by atoms with Crippen LogP contribution in [0.15, 0.2) is 18.2 Å². The number of rotatable bonds is 1. The van der Waals surface area contributed by atoms with Crippen LogP contribution in [0.5, 0.6) is 0 Å². The van der Waals surface area contributed by atoms with Gasteiger partial charge in [-0.05, 0) is 11.1 Å². The standard InChI is InChI=1S/C9H8N2O4/c12-9(13)10-4-6-1-2-8(11(14)15)3-7(6)5-10/h1-3H,4-5H2,(H,12,13). The summed E-state index contributed by atoms with van der Waals surface area (Å²) in [4.78, 5) is 21.9. The Kier molecular flexibility index (Phi) is 2.03. The summed E-state index contributed by atoms with van der Waals surface area (Å²) in [5.74, 6) is 0. The molecule has 1 aliphatic heterocycles. The lowest BCUT2D eigenvalue weighted by Gasteiger charge is -2.08. The number of nitro groups is 1. The first-order valence-electron chi connectivity index (χ1n) is 4.32. The smallest absolute Gasteiger partial charge is 0.407 e. The van der Waals surface area contributed by atoms with Crippen molar-refractivity contribution in [1.82, 2.24) is 4.90 Å². The van der Waals surface area contributed by atoms with Crippen LogP contribution in [-0.4, -0.2) is 21.0 Å². The minimum atomic E-state index is -1.01. The third-order valence-corrected chi connectivity index (χ3v) is 2.39. The van der Waals surface area contributed by atoms with Crippen LogP contribution < -0.4 is 0 Å². The molecule has 0 saturated heterocycles. The van der Waals surface area contributed by atoms with Crippen LogP contribution in [0, 0.1) is 10.1 Å². The minimum absolute atomic E-state index is 0.000916. The Bertz CT molecular complexity index is 444. The Hall–Kier alpha value is -2.11. The van der Waals surface area contributed by atoms with Gasteiger partial charge < -0.3 is 5.11 Å². The van der Waals surface area contributed by atoms with Crippen molar-refractivity contribution < 1.29 is 14.8 Å². The Morgan fingerprint density at radius 2 is 2.07 bits per heavy atom. The van der Waals surface area contributed by atoms with E-state index in [4.69, 9.17) is 5.11 Å². The van der Waals surface area contributed by atoms with E-state index in [1.165, 1.54) is 17.0 Å². The lowest BCUT2D eigenvalue weighted by Crippen LogP contribution is -2.22. The monoisotopic (exact) mass is 208 g/mol. The van der Waals surface area contributed by atoms with Crippen LogP contribution in [0.3, 0.4) is 0 Å². The molecule has 1 aliphatic rings. The highest BCUT2D eigenvalue weighted by atomic mass is 16.6. The van der Waals surface area contributed by atoms with Gasteiger partial charge in [0.1, 0.15) is 0 Å². The molecule has 0 saturated carbocycles. The Morgan fingerprint density at radius 1 is 1.40 bits per heavy atom. The number of amides is 1. The predicted molar refractivity (Wildman–Crippen MR) is 50.4 cm³/mol. The maximum atomic E-state index is 10.7. The molecule has 1 heterocycles. The number of nitrogens with zero attached hydrogens (tertiary/aromatic N) is 2. The van der Waals surface area contributed by atoms with Gasteiger partial charge in [0.2, 0.25) is 0 Å². The summed E-state index contributed by atoms with van der Waals surface area (Å²) in [6.45, 7) is 0.537. The lowest BCUT2D eigenvalue weighted by molar-refractivity contribution is -0.384. The van der Waals surface area contributed by atoms with Gasteiger partial charge >= 0.3 is 6.09 Å². The summed E-state index contributed by atoms with van der Waals surface area (Å²) in [7, 11) is 0. The SMILES string of the molecule is O=C(O)N1Cc2ccc([N+](=O)[O-])cc2C1. The number of fused-ring (bicyclic) bond motifs is 1. The highest BCUT2D eigenvalue weighted by Gasteiger charge is 2.24. The normalized spacial score (nSPS) is 13.7. The third-order valence-electron chi connectivity index (χ3n) is 2.39. The number of benzene rings is 1. The molecular formula is C9H8N2O4. The van der Waals surface area contributed by atoms with Gasteiger partial charge in [0.15, 0.2) is 0 Å². The first-order valence-corrected chi connectivity index (χ1v) is 4.32. The molecule has 1 amide bonds. The fourth-order valence-electron chi connectivity index (χ4n) is 1.63. The topological polar surface area (TPSA) is 83.7 Å². The van der Waals surface area contributed by atoms with Gasteiger partial charge in [-0.25, -0.2) is 4.79 Å². The van der Waals surface area contributed by atoms with Crippen molar-refractivity contribution in [2.24, 2.45) is 0 Å². The van der Waals surface area contributed by atoms with E-state index in [9.17, 15) is 14.9 Å². The summed E-state index contributed by atoms with van der Waals surface area (Å²) in [5.41, 5.74) is 1.55. The van der Waals surface area contributed by atoms with Crippen molar-refractivity contribution >= 4 is 11.8 Å². The molecule has 0 bridgehead atoms. The molecule has 6 nitrogen and oxygen atoms in total. The van der Waals surface area contributed by atoms with Gasteiger partial charge in [0.25, 0.3) is 5.69 Å². The van der Waals surface area contributed by atoms with Crippen molar-refractivity contribution in [3.63, 3.8) is 0 Å². The van der Waals surface area contributed by atoms with Gasteiger partial charge in [0.05, 0.1) is 4.92 Å². The lowest BCUT2D eigenvalue weighted by atomic mass is 10.1. The molecule has 0 aromatic heterocycles. The second-order valence-corrected chi connectivity index (χ2v) is 3.35. The third kappa shape index (κ3) is 1.61. The Balaban J connectivity index is 2.31. The zero-order chi connectivity index (χ0) is 11.0. The van der Waals surface area contributed by atoms with E-state index < -0.39 is 11.0 Å². The van der Waals surface area contributed by atoms with E-state index in [2.05, 4.69) is 0 Å². The van der Waals surface area contributed by atoms with Gasteiger partial charge in [-0.3, -0.25) is 15.0 Å². The quantitative estimate of drug-likeness (QED) is 0.561. The number of hydrogen-bond acceptors (Lipinski definition) is 3. The van der Waals surface area contributed by atoms with Crippen LogP contribution in [0.25, 0.3) is 0 Å². The summed E-state index contributed by atoms with van der Waals surface area (Å²) in [5, 5.41) is 19.2. The molecule has 6 heteroatoms. The Labute approximate surface area is 84.9 Å². The van der Waals surface area contributed by atoms with E-state index >= 15 is 0 Å². The van der Waals surface area contributed by atoms with Crippen molar-refractivity contribution in [2.75, 3.05) is 0 Å². The van der Waals surface area contributed by atoms with E-state index in [1.54, 1.807) is 6.07 Å². The molecule has 0 fully saturated rings. The molecule has 78 valence electrons. The second kappa shape index (κ2) is 3.23. The highest BCUT2D eigenvalue weighted by molar-refractivity contribution is 5.66. The van der Waals surface area contributed by atoms with Gasteiger partial charge in [0, 0.05) is 25.2 Å². The summed E-state index contributed by atoms with van der Waals surface area (Å²) >= 11 is 0. The number of nitro benzene ring substituents is 1. The molecule has 1 aromatic rings. The maximum absolute atomic E-state index is 10.7. The molecule has 2 rings (SSSR count). The first-order chi connectivity index (χ1) is 7.08. The van der Waals surface area contributed by atoms with Crippen LogP contribution in [-0.2, 0) is 13.1 Å². The average molecular weight is 208 g/mol. The average Bonchev–Trinajstić information content (AvgIpc) is 2.59. The van der Waals surface area contributed by atoms with E-state index in [1.807, 2.05) is 0 Å². The number of non-ortho nitro benzene ring substituents is 1. The van der Waals surface area contributed by atoms with E-state index in [0.717, 1.165) is 5.56 Å². The number of hydrogen-bond donors (Lipinski definition) is 1. The van der Waals surface area contributed by atoms with Crippen molar-refractivity contribution in [3.8, 4) is 0 Å². The van der Waals surface area contributed by atoms with Crippen molar-refractivity contribution in [2.45, 2.75) is 13.1 Å². The molecule has 0 atom stereocenters. The minimum Gasteiger partial charge on any atom is -0.465 e. The van der Waals surface area contributed by atoms with Crippen molar-refractivity contribution in [3.05, 3.63) is 39.4 Å². The highest BCUT2D eigenvalue weighted by Crippen LogP contribution is 2.26. The summed E-state index contributed by atoms with van der Waals surface area (Å²) < 4.78 is 0. The zero-order valence-electron chi connectivity index (χ0n) is 7.71. The summed E-state index contributed by atoms with van der Waals surface area (Å²) in [6, 6.07) is 4.43. The molecular weight excluding hydrogens is 200 g/mol. The molecule has 0 unspecified atom stereocenters. The predicted octanol–water partition coefficient (Wildman–Crippen LogP) is 1.59. The largest absolute Gasteiger partial charge is 0.465 e. The fourth-order valence-corrected chi connectivity index (χ4v) is 1.63. The maximum Gasteiger partial charge on any atom is 0.407 e. The zero-order valence-corrected chi connectivity index (χ0v) is 7.71. The van der Waals surface area contributed by atoms with Crippen LogP contribution in [0.2, 0.25) is 0 Å². The van der Waals surface area contributed by atoms with E-state index in [0.29, 0.717) is 12.1 Å². The van der Waals surface area contributed by atoms with Gasteiger partial charge in [-0.15, -0.1) is 0 Å². The van der Waals surface area contributed by atoms with Crippen molar-refractivity contribution in [1.29, 1.82) is 0 Å². The van der Waals surface area contributed by atoms with Crippen LogP contribution in [0.4, 0.5) is 10.5 Å². The molecule has 1 N–H and O–H groups in total. The molecule has 1 aromatic carbocycles. The fraction of sp³-hybridized carbons (Fsp3) is 0.222. The molecule has 0 radical (unpaired) electrons. The van der Waals surface area contributed by atoms with E-state index in [-0.39, 0.29) is 12.2 Å². The summed E-state index contributed by atoms with van der Waals surface area (Å²) in [6.07, 6.45) is -1.01. The first kappa shape index (κ1) is 9.45. The Morgan fingerprint density at radius 3 is 2.67 bits per heavy atom. The second-order valence-electron chi connectivity index (χ2n) is 3.35. The number of carboxylic acid groups (broad SMARTS) is 1. The van der Waals surface area contributed by atoms with Gasteiger partial charge in [-0.2, -0.15) is 0 Å². The molecule has 15 heavy (non-hydrogen) atoms. The van der Waals surface area contributed by atoms with Crippen LogP contribution in [0.1, 0.15) is 11.1 Å². The molecule has 0 aliphatic carbocycles. The molecule has 0 spiro atoms.